The fourth-order valence-corrected chi connectivity index (χ4v) is 1.54. The standard InChI is InChI=1S/C14H13NO3/c15-11-7-5-10(6-8-11)9-18-13-4-2-1-3-12(13)14(16)17/h1-8H,9,15H2,(H,16,17). The van der Waals surface area contributed by atoms with Crippen molar-refractivity contribution < 1.29 is 14.6 Å². The summed E-state index contributed by atoms with van der Waals surface area (Å²) in [5.41, 5.74) is 7.36. The molecule has 0 fully saturated rings. The second kappa shape index (κ2) is 5.23. The number of carboxylic acids is 1. The number of carboxylic acid groups (broad SMARTS) is 1. The molecule has 4 heteroatoms. The van der Waals surface area contributed by atoms with Crippen LogP contribution in [0.15, 0.2) is 48.5 Å². The molecule has 0 unspecified atom stereocenters. The van der Waals surface area contributed by atoms with Crippen molar-refractivity contribution in [1.29, 1.82) is 0 Å². The fourth-order valence-electron chi connectivity index (χ4n) is 1.54. The van der Waals surface area contributed by atoms with Crippen LogP contribution in [-0.2, 0) is 6.61 Å². The normalized spacial score (nSPS) is 10.0. The SMILES string of the molecule is Nc1ccc(COc2ccccc2C(=O)O)cc1. The van der Waals surface area contributed by atoms with E-state index in [4.69, 9.17) is 15.6 Å². The zero-order valence-corrected chi connectivity index (χ0v) is 9.67. The Morgan fingerprint density at radius 3 is 2.44 bits per heavy atom. The molecule has 0 saturated carbocycles. The van der Waals surface area contributed by atoms with E-state index < -0.39 is 5.97 Å². The molecule has 0 bridgehead atoms. The van der Waals surface area contributed by atoms with Crippen molar-refractivity contribution in [1.82, 2.24) is 0 Å². The molecule has 0 amide bonds. The molecule has 3 N–H and O–H groups in total. The number of rotatable bonds is 4. The third kappa shape index (κ3) is 2.79. The maximum atomic E-state index is 11.0. The number of ether oxygens (including phenoxy) is 1. The molecule has 2 aromatic rings. The van der Waals surface area contributed by atoms with Crippen LogP contribution in [0.25, 0.3) is 0 Å². The molecule has 2 rings (SSSR count). The highest BCUT2D eigenvalue weighted by molar-refractivity contribution is 5.90. The molecule has 0 aliphatic carbocycles. The molecule has 0 saturated heterocycles. The highest BCUT2D eigenvalue weighted by Crippen LogP contribution is 2.19. The summed E-state index contributed by atoms with van der Waals surface area (Å²) in [6, 6.07) is 13.8. The van der Waals surface area contributed by atoms with Gasteiger partial charge in [0.25, 0.3) is 0 Å². The van der Waals surface area contributed by atoms with Crippen LogP contribution in [0.1, 0.15) is 15.9 Å². The average Bonchev–Trinajstić information content (AvgIpc) is 2.38. The number of anilines is 1. The summed E-state index contributed by atoms with van der Waals surface area (Å²) in [6.45, 7) is 0.310. The lowest BCUT2D eigenvalue weighted by atomic mass is 10.2. The number of nitrogens with two attached hydrogens (primary N) is 1. The molecule has 0 atom stereocenters. The van der Waals surface area contributed by atoms with E-state index in [1.165, 1.54) is 6.07 Å². The van der Waals surface area contributed by atoms with E-state index in [0.29, 0.717) is 18.0 Å². The van der Waals surface area contributed by atoms with E-state index in [9.17, 15) is 4.79 Å². The molecule has 4 nitrogen and oxygen atoms in total. The zero-order chi connectivity index (χ0) is 13.0. The lowest BCUT2D eigenvalue weighted by Crippen LogP contribution is -2.03. The van der Waals surface area contributed by atoms with Crippen molar-refractivity contribution in [2.24, 2.45) is 0 Å². The Morgan fingerprint density at radius 2 is 1.78 bits per heavy atom. The molecule has 0 aromatic heterocycles. The number of carbonyl (C=O) groups is 1. The predicted octanol–water partition coefficient (Wildman–Crippen LogP) is 2.55. The second-order valence-corrected chi connectivity index (χ2v) is 3.83. The molecule has 0 aliphatic rings. The van der Waals surface area contributed by atoms with E-state index >= 15 is 0 Å². The topological polar surface area (TPSA) is 72.5 Å². The van der Waals surface area contributed by atoms with Crippen LogP contribution < -0.4 is 10.5 Å². The summed E-state index contributed by atoms with van der Waals surface area (Å²) in [6.07, 6.45) is 0. The number of hydrogen-bond donors (Lipinski definition) is 2. The van der Waals surface area contributed by atoms with Crippen molar-refractivity contribution in [3.63, 3.8) is 0 Å². The van der Waals surface area contributed by atoms with Crippen LogP contribution >= 0.6 is 0 Å². The number of benzene rings is 2. The molecular weight excluding hydrogens is 230 g/mol. The Bertz CT molecular complexity index is 549. The number of nitrogen functional groups attached to an aromatic ring is 1. The summed E-state index contributed by atoms with van der Waals surface area (Å²) >= 11 is 0. The van der Waals surface area contributed by atoms with Gasteiger partial charge in [-0.2, -0.15) is 0 Å². The van der Waals surface area contributed by atoms with E-state index in [1.807, 2.05) is 12.1 Å². The molecule has 92 valence electrons. The molecule has 0 heterocycles. The fraction of sp³-hybridized carbons (Fsp3) is 0.0714. The van der Waals surface area contributed by atoms with E-state index in [1.54, 1.807) is 30.3 Å². The Kier molecular flexibility index (Phi) is 3.48. The maximum absolute atomic E-state index is 11.0. The molecule has 0 spiro atoms. The van der Waals surface area contributed by atoms with Crippen molar-refractivity contribution in [3.8, 4) is 5.75 Å². The third-order valence-corrected chi connectivity index (χ3v) is 2.49. The van der Waals surface area contributed by atoms with Crippen molar-refractivity contribution >= 4 is 11.7 Å². The van der Waals surface area contributed by atoms with Crippen molar-refractivity contribution in [2.75, 3.05) is 5.73 Å². The lowest BCUT2D eigenvalue weighted by molar-refractivity contribution is 0.0692. The van der Waals surface area contributed by atoms with E-state index in [2.05, 4.69) is 0 Å². The van der Waals surface area contributed by atoms with Crippen LogP contribution in [0.2, 0.25) is 0 Å². The van der Waals surface area contributed by atoms with Gasteiger partial charge in [-0.15, -0.1) is 0 Å². The first-order valence-electron chi connectivity index (χ1n) is 5.46. The van der Waals surface area contributed by atoms with Gasteiger partial charge in [-0.25, -0.2) is 4.79 Å². The highest BCUT2D eigenvalue weighted by atomic mass is 16.5. The number of aromatic carboxylic acids is 1. The lowest BCUT2D eigenvalue weighted by Gasteiger charge is -2.09. The molecular formula is C14H13NO3. The van der Waals surface area contributed by atoms with Gasteiger partial charge in [0.1, 0.15) is 17.9 Å². The minimum atomic E-state index is -0.997. The van der Waals surface area contributed by atoms with Gasteiger partial charge in [0.15, 0.2) is 0 Å². The van der Waals surface area contributed by atoms with Gasteiger partial charge >= 0.3 is 5.97 Å². The quantitative estimate of drug-likeness (QED) is 0.809. The Morgan fingerprint density at radius 1 is 1.11 bits per heavy atom. The maximum Gasteiger partial charge on any atom is 0.339 e. The smallest absolute Gasteiger partial charge is 0.339 e. The first-order chi connectivity index (χ1) is 8.66. The Labute approximate surface area is 105 Å². The van der Waals surface area contributed by atoms with Gasteiger partial charge in [0.05, 0.1) is 0 Å². The summed E-state index contributed by atoms with van der Waals surface area (Å²) in [5.74, 6) is -0.635. The average molecular weight is 243 g/mol. The third-order valence-electron chi connectivity index (χ3n) is 2.49. The molecule has 0 radical (unpaired) electrons. The predicted molar refractivity (Wildman–Crippen MR) is 68.6 cm³/mol. The van der Waals surface area contributed by atoms with Gasteiger partial charge in [-0.1, -0.05) is 24.3 Å². The van der Waals surface area contributed by atoms with Crippen LogP contribution in [-0.4, -0.2) is 11.1 Å². The summed E-state index contributed by atoms with van der Waals surface area (Å²) in [4.78, 5) is 11.0. The summed E-state index contributed by atoms with van der Waals surface area (Å²) in [7, 11) is 0. The first-order valence-corrected chi connectivity index (χ1v) is 5.46. The van der Waals surface area contributed by atoms with Crippen LogP contribution in [0, 0.1) is 0 Å². The Hall–Kier alpha value is -2.49. The largest absolute Gasteiger partial charge is 0.488 e. The van der Waals surface area contributed by atoms with Gasteiger partial charge in [-0.3, -0.25) is 0 Å². The van der Waals surface area contributed by atoms with Gasteiger partial charge < -0.3 is 15.6 Å². The summed E-state index contributed by atoms with van der Waals surface area (Å²) < 4.78 is 5.50. The monoisotopic (exact) mass is 243 g/mol. The molecule has 18 heavy (non-hydrogen) atoms. The van der Waals surface area contributed by atoms with Crippen LogP contribution in [0.5, 0.6) is 5.75 Å². The number of hydrogen-bond acceptors (Lipinski definition) is 3. The van der Waals surface area contributed by atoms with Crippen molar-refractivity contribution in [2.45, 2.75) is 6.61 Å². The Balaban J connectivity index is 2.10. The minimum absolute atomic E-state index is 0.160. The van der Waals surface area contributed by atoms with Crippen LogP contribution in [0.4, 0.5) is 5.69 Å². The van der Waals surface area contributed by atoms with E-state index in [0.717, 1.165) is 5.56 Å². The molecule has 2 aromatic carbocycles. The van der Waals surface area contributed by atoms with E-state index in [-0.39, 0.29) is 5.56 Å². The zero-order valence-electron chi connectivity index (χ0n) is 9.67. The second-order valence-electron chi connectivity index (χ2n) is 3.83. The first kappa shape index (κ1) is 12.0. The van der Waals surface area contributed by atoms with Gasteiger partial charge in [0.2, 0.25) is 0 Å². The van der Waals surface area contributed by atoms with Gasteiger partial charge in [0, 0.05) is 5.69 Å². The summed E-state index contributed by atoms with van der Waals surface area (Å²) in [5, 5.41) is 9.00. The number of para-hydroxylation sites is 1. The van der Waals surface area contributed by atoms with Crippen LogP contribution in [0.3, 0.4) is 0 Å². The minimum Gasteiger partial charge on any atom is -0.488 e. The molecule has 0 aliphatic heterocycles. The highest BCUT2D eigenvalue weighted by Gasteiger charge is 2.09. The van der Waals surface area contributed by atoms with Crippen molar-refractivity contribution in [3.05, 3.63) is 59.7 Å². The van der Waals surface area contributed by atoms with Gasteiger partial charge in [-0.05, 0) is 29.8 Å².